The van der Waals surface area contributed by atoms with Crippen LogP contribution in [0.3, 0.4) is 0 Å². The first kappa shape index (κ1) is 31.0. The quantitative estimate of drug-likeness (QED) is 0.0813. The van der Waals surface area contributed by atoms with E-state index in [0.717, 1.165) is 4.90 Å². The molecule has 0 aliphatic carbocycles. The molecule has 0 bridgehead atoms. The van der Waals surface area contributed by atoms with Crippen molar-refractivity contribution < 1.29 is 33.5 Å². The topological polar surface area (TPSA) is 137 Å². The molecule has 1 aliphatic heterocycles. The summed E-state index contributed by atoms with van der Waals surface area (Å²) in [5.41, 5.74) is 1.58. The Morgan fingerprint density at radius 3 is 2.49 bits per heavy atom. The SMILES string of the molecule is C=CCc1cc(/C=C2\C(=O)NC(=O)N(c3cc(OCC)ccc3OCC)C2=O)cc(Br)c1OCc1cccc([N+](=O)[O-])c1. The molecular formula is C31H28BrN3O8. The Morgan fingerprint density at radius 1 is 1.02 bits per heavy atom. The molecule has 4 rings (SSSR count). The predicted octanol–water partition coefficient (Wildman–Crippen LogP) is 6.13. The average Bonchev–Trinajstić information content (AvgIpc) is 2.96. The highest BCUT2D eigenvalue weighted by molar-refractivity contribution is 9.10. The van der Waals surface area contributed by atoms with Crippen molar-refractivity contribution in [2.24, 2.45) is 0 Å². The maximum absolute atomic E-state index is 13.7. The van der Waals surface area contributed by atoms with E-state index in [0.29, 0.717) is 45.7 Å². The molecule has 1 aliphatic rings. The second kappa shape index (κ2) is 13.8. The Hall–Kier alpha value is -4.97. The Balaban J connectivity index is 1.69. The molecule has 4 amide bonds. The Labute approximate surface area is 256 Å². The van der Waals surface area contributed by atoms with Crippen LogP contribution >= 0.6 is 15.9 Å². The van der Waals surface area contributed by atoms with Gasteiger partial charge < -0.3 is 14.2 Å². The van der Waals surface area contributed by atoms with Crippen LogP contribution in [0.5, 0.6) is 17.2 Å². The number of ether oxygens (including phenoxy) is 3. The molecule has 3 aromatic carbocycles. The van der Waals surface area contributed by atoms with Crippen LogP contribution in [0.25, 0.3) is 6.08 Å². The molecule has 11 nitrogen and oxygen atoms in total. The number of benzene rings is 3. The number of barbiturate groups is 1. The van der Waals surface area contributed by atoms with Gasteiger partial charge in [-0.15, -0.1) is 6.58 Å². The van der Waals surface area contributed by atoms with E-state index < -0.39 is 22.8 Å². The summed E-state index contributed by atoms with van der Waals surface area (Å²) in [7, 11) is 0. The second-order valence-corrected chi connectivity index (χ2v) is 10.0. The number of nitrogens with one attached hydrogen (secondary N) is 1. The lowest BCUT2D eigenvalue weighted by molar-refractivity contribution is -0.384. The van der Waals surface area contributed by atoms with Crippen molar-refractivity contribution in [1.29, 1.82) is 0 Å². The van der Waals surface area contributed by atoms with E-state index in [9.17, 15) is 24.5 Å². The van der Waals surface area contributed by atoms with Crippen molar-refractivity contribution in [3.63, 3.8) is 0 Å². The number of halogens is 1. The third-order valence-electron chi connectivity index (χ3n) is 6.21. The maximum Gasteiger partial charge on any atom is 0.336 e. The van der Waals surface area contributed by atoms with Gasteiger partial charge in [-0.05, 0) is 83.2 Å². The van der Waals surface area contributed by atoms with Crippen LogP contribution in [0.15, 0.2) is 77.3 Å². The zero-order chi connectivity index (χ0) is 31.1. The molecule has 1 N–H and O–H groups in total. The standard InChI is InChI=1S/C31H28BrN3O8/c1-4-8-21-13-20(16-25(32)28(21)43-18-19-9-7-10-22(14-19)35(39)40)15-24-29(36)33-31(38)34(30(24)37)26-17-23(41-5-2)11-12-27(26)42-6-3/h4,7,9-17H,1,5-6,8,18H2,2-3H3,(H,33,36,38)/b24-15+. The van der Waals surface area contributed by atoms with Crippen LogP contribution in [0, 0.1) is 10.1 Å². The smallest absolute Gasteiger partial charge is 0.336 e. The fourth-order valence-corrected chi connectivity index (χ4v) is 5.02. The summed E-state index contributed by atoms with van der Waals surface area (Å²) in [5, 5.41) is 13.4. The number of urea groups is 1. The molecular weight excluding hydrogens is 622 g/mol. The van der Waals surface area contributed by atoms with Gasteiger partial charge in [-0.2, -0.15) is 0 Å². The number of imide groups is 2. The molecule has 1 fully saturated rings. The normalized spacial score (nSPS) is 14.0. The van der Waals surface area contributed by atoms with Gasteiger partial charge >= 0.3 is 6.03 Å². The lowest BCUT2D eigenvalue weighted by Crippen LogP contribution is -2.54. The Bertz CT molecular complexity index is 1640. The first-order valence-electron chi connectivity index (χ1n) is 13.3. The van der Waals surface area contributed by atoms with Crippen LogP contribution < -0.4 is 24.4 Å². The summed E-state index contributed by atoms with van der Waals surface area (Å²) in [6.45, 7) is 8.07. The van der Waals surface area contributed by atoms with E-state index in [-0.39, 0.29) is 35.9 Å². The van der Waals surface area contributed by atoms with Crippen molar-refractivity contribution in [2.75, 3.05) is 18.1 Å². The number of nitro benzene ring substituents is 1. The number of non-ortho nitro benzene ring substituents is 1. The van der Waals surface area contributed by atoms with Gasteiger partial charge in [0.1, 0.15) is 29.4 Å². The van der Waals surface area contributed by atoms with Crippen LogP contribution in [-0.2, 0) is 22.6 Å². The fraction of sp³-hybridized carbons (Fsp3) is 0.194. The lowest BCUT2D eigenvalue weighted by atomic mass is 10.0. The summed E-state index contributed by atoms with van der Waals surface area (Å²) in [6, 6.07) is 13.4. The molecule has 12 heteroatoms. The van der Waals surface area contributed by atoms with E-state index >= 15 is 0 Å². The zero-order valence-corrected chi connectivity index (χ0v) is 25.0. The molecule has 0 unspecified atom stereocenters. The number of rotatable bonds is 12. The van der Waals surface area contributed by atoms with E-state index in [1.807, 2.05) is 0 Å². The molecule has 43 heavy (non-hydrogen) atoms. The van der Waals surface area contributed by atoms with Gasteiger partial charge in [0.25, 0.3) is 17.5 Å². The number of anilines is 1. The van der Waals surface area contributed by atoms with Crippen molar-refractivity contribution in [2.45, 2.75) is 26.9 Å². The minimum absolute atomic E-state index is 0.0469. The highest BCUT2D eigenvalue weighted by Crippen LogP contribution is 2.36. The first-order chi connectivity index (χ1) is 20.7. The number of carbonyl (C=O) groups excluding carboxylic acids is 3. The van der Waals surface area contributed by atoms with E-state index in [1.54, 1.807) is 56.3 Å². The van der Waals surface area contributed by atoms with Gasteiger partial charge in [0.05, 0.1) is 28.3 Å². The number of amides is 4. The third kappa shape index (κ3) is 7.09. The zero-order valence-electron chi connectivity index (χ0n) is 23.4. The molecule has 1 saturated heterocycles. The molecule has 0 aromatic heterocycles. The average molecular weight is 650 g/mol. The minimum Gasteiger partial charge on any atom is -0.494 e. The van der Waals surface area contributed by atoms with Crippen LogP contribution in [0.1, 0.15) is 30.5 Å². The van der Waals surface area contributed by atoms with Gasteiger partial charge in [-0.3, -0.25) is 25.0 Å². The van der Waals surface area contributed by atoms with Crippen molar-refractivity contribution in [3.05, 3.63) is 104 Å². The van der Waals surface area contributed by atoms with Crippen LogP contribution in [0.4, 0.5) is 16.2 Å². The van der Waals surface area contributed by atoms with Crippen molar-refractivity contribution in [3.8, 4) is 17.2 Å². The van der Waals surface area contributed by atoms with Gasteiger partial charge in [0.15, 0.2) is 0 Å². The predicted molar refractivity (Wildman–Crippen MR) is 163 cm³/mol. The monoisotopic (exact) mass is 649 g/mol. The highest BCUT2D eigenvalue weighted by Gasteiger charge is 2.38. The summed E-state index contributed by atoms with van der Waals surface area (Å²) < 4.78 is 17.7. The number of hydrogen-bond donors (Lipinski definition) is 1. The number of carbonyl (C=O) groups is 3. The number of nitrogens with zero attached hydrogens (tertiary/aromatic N) is 2. The molecule has 0 spiro atoms. The number of nitro groups is 1. The van der Waals surface area contributed by atoms with E-state index in [4.69, 9.17) is 14.2 Å². The first-order valence-corrected chi connectivity index (χ1v) is 14.1. The van der Waals surface area contributed by atoms with Gasteiger partial charge in [0.2, 0.25) is 0 Å². The second-order valence-electron chi connectivity index (χ2n) is 9.15. The summed E-state index contributed by atoms with van der Waals surface area (Å²) in [5.74, 6) is -0.528. The minimum atomic E-state index is -0.917. The molecule has 0 atom stereocenters. The fourth-order valence-electron chi connectivity index (χ4n) is 4.39. The summed E-state index contributed by atoms with van der Waals surface area (Å²) in [4.78, 5) is 50.9. The number of hydrogen-bond acceptors (Lipinski definition) is 8. The Kier molecular flexibility index (Phi) is 9.94. The third-order valence-corrected chi connectivity index (χ3v) is 6.80. The molecule has 3 aromatic rings. The lowest BCUT2D eigenvalue weighted by Gasteiger charge is -2.28. The van der Waals surface area contributed by atoms with E-state index in [2.05, 4.69) is 27.8 Å². The number of allylic oxidation sites excluding steroid dienone is 1. The van der Waals surface area contributed by atoms with Gasteiger partial charge in [0, 0.05) is 18.2 Å². The molecule has 222 valence electrons. The van der Waals surface area contributed by atoms with Gasteiger partial charge in [-0.1, -0.05) is 18.2 Å². The molecule has 0 radical (unpaired) electrons. The largest absolute Gasteiger partial charge is 0.494 e. The summed E-state index contributed by atoms with van der Waals surface area (Å²) in [6.07, 6.45) is 3.43. The van der Waals surface area contributed by atoms with Crippen LogP contribution in [0.2, 0.25) is 0 Å². The molecule has 1 heterocycles. The van der Waals surface area contributed by atoms with Crippen LogP contribution in [-0.4, -0.2) is 36.0 Å². The van der Waals surface area contributed by atoms with Crippen molar-refractivity contribution in [1.82, 2.24) is 5.32 Å². The summed E-state index contributed by atoms with van der Waals surface area (Å²) >= 11 is 3.50. The Morgan fingerprint density at radius 2 is 1.79 bits per heavy atom. The maximum atomic E-state index is 13.7. The van der Waals surface area contributed by atoms with E-state index in [1.165, 1.54) is 24.3 Å². The van der Waals surface area contributed by atoms with Gasteiger partial charge in [-0.25, -0.2) is 9.69 Å². The highest BCUT2D eigenvalue weighted by atomic mass is 79.9. The molecule has 0 saturated carbocycles. The van der Waals surface area contributed by atoms with Crippen molar-refractivity contribution >= 4 is 51.2 Å².